The van der Waals surface area contributed by atoms with Gasteiger partial charge in [-0.3, -0.25) is 9.55 Å². The number of fused-ring (bicyclic) bond motifs is 1. The fourth-order valence-electron chi connectivity index (χ4n) is 8.60. The van der Waals surface area contributed by atoms with Gasteiger partial charge in [0.05, 0.1) is 28.0 Å². The van der Waals surface area contributed by atoms with Gasteiger partial charge in [-0.1, -0.05) is 162 Å². The molecule has 0 saturated heterocycles. The molecule has 0 amide bonds. The zero-order chi connectivity index (χ0) is 48.0. The van der Waals surface area contributed by atoms with Crippen LogP contribution in [-0.4, -0.2) is 14.5 Å². The molecule has 10 rings (SSSR count). The first-order valence-corrected chi connectivity index (χ1v) is 20.8. The van der Waals surface area contributed by atoms with Crippen molar-refractivity contribution >= 4 is 11.0 Å². The van der Waals surface area contributed by atoms with Crippen LogP contribution in [0.1, 0.15) is 30.5 Å². The Morgan fingerprint density at radius 3 is 1.89 bits per heavy atom. The maximum Gasteiger partial charge on any atom is 2.00 e. The Morgan fingerprint density at radius 1 is 0.531 bits per heavy atom. The average molecular weight is 1010 g/mol. The van der Waals surface area contributed by atoms with Crippen molar-refractivity contribution in [2.75, 3.05) is 0 Å². The minimum absolute atomic E-state index is 0. The quantitative estimate of drug-likeness (QED) is 0.135. The molecule has 0 atom stereocenters. The predicted octanol–water partition coefficient (Wildman–Crippen LogP) is 15.3. The number of pyridine rings is 1. The zero-order valence-electron chi connectivity index (χ0n) is 41.2. The van der Waals surface area contributed by atoms with Gasteiger partial charge in [0.25, 0.3) is 0 Å². The fraction of sp³-hybridized carbons (Fsp3) is 0.0678. The van der Waals surface area contributed by atoms with Crippen LogP contribution < -0.4 is 4.74 Å². The number of aryl methyl sites for hydroxylation is 4. The Morgan fingerprint density at radius 2 is 1.20 bits per heavy atom. The summed E-state index contributed by atoms with van der Waals surface area (Å²) in [5.74, 6) is 1.15. The monoisotopic (exact) mass is 1010 g/mol. The molecule has 0 aliphatic rings. The third-order valence-electron chi connectivity index (χ3n) is 11.6. The molecule has 0 aliphatic heterocycles. The van der Waals surface area contributed by atoms with Crippen LogP contribution >= 0.6 is 0 Å². The molecule has 5 heteroatoms. The van der Waals surface area contributed by atoms with Crippen molar-refractivity contribution in [1.82, 2.24) is 14.5 Å². The van der Waals surface area contributed by atoms with Crippen LogP contribution in [0, 0.1) is 40.7 Å². The zero-order valence-corrected chi connectivity index (χ0v) is 37.4. The maximum atomic E-state index is 8.81. The van der Waals surface area contributed by atoms with Crippen LogP contribution in [0.3, 0.4) is 0 Å². The summed E-state index contributed by atoms with van der Waals surface area (Å²) in [7, 11) is 3.89. The van der Waals surface area contributed by atoms with E-state index in [0.29, 0.717) is 33.9 Å². The van der Waals surface area contributed by atoms with E-state index < -0.39 is 13.7 Å². The summed E-state index contributed by atoms with van der Waals surface area (Å²) in [5.41, 5.74) is 15.0. The largest absolute Gasteiger partial charge is 2.00 e. The third-order valence-corrected chi connectivity index (χ3v) is 11.6. The van der Waals surface area contributed by atoms with E-state index in [0.717, 1.165) is 78.0 Å². The van der Waals surface area contributed by atoms with Crippen LogP contribution in [0.4, 0.5) is 0 Å². The fourth-order valence-corrected chi connectivity index (χ4v) is 8.60. The van der Waals surface area contributed by atoms with Gasteiger partial charge in [0.15, 0.2) is 0 Å². The Balaban J connectivity index is 0.00000608. The molecule has 0 unspecified atom stereocenters. The summed E-state index contributed by atoms with van der Waals surface area (Å²) >= 11 is 0. The van der Waals surface area contributed by atoms with E-state index in [1.54, 1.807) is 18.3 Å². The normalized spacial score (nSPS) is 12.9. The Hall–Kier alpha value is -7.13. The van der Waals surface area contributed by atoms with Crippen molar-refractivity contribution < 1.29 is 34.0 Å². The van der Waals surface area contributed by atoms with E-state index in [2.05, 4.69) is 60.2 Å². The summed E-state index contributed by atoms with van der Waals surface area (Å²) in [4.78, 5) is 10.4. The van der Waals surface area contributed by atoms with Crippen LogP contribution in [0.5, 0.6) is 5.75 Å². The second kappa shape index (κ2) is 17.9. The summed E-state index contributed by atoms with van der Waals surface area (Å²) < 4.78 is 58.1. The van der Waals surface area contributed by atoms with E-state index in [1.807, 2.05) is 141 Å². The van der Waals surface area contributed by atoms with Crippen LogP contribution in [0.2, 0.25) is 0 Å². The Kier molecular flexibility index (Phi) is 9.90. The number of para-hydroxylation sites is 1. The van der Waals surface area contributed by atoms with Crippen molar-refractivity contribution in [2.24, 2.45) is 0 Å². The molecular weight excluding hydrogens is 962 g/mol. The second-order valence-corrected chi connectivity index (χ2v) is 15.8. The van der Waals surface area contributed by atoms with E-state index in [9.17, 15) is 0 Å². The van der Waals surface area contributed by atoms with Gasteiger partial charge in [-0.05, 0) is 108 Å². The van der Waals surface area contributed by atoms with Gasteiger partial charge in [0.2, 0.25) is 0 Å². The molecule has 4 nitrogen and oxygen atoms in total. The van der Waals surface area contributed by atoms with Crippen LogP contribution in [0.15, 0.2) is 188 Å². The standard InChI is InChI=1S/C59H45N3O.Pt/c1-38-24-26-43(27-25-38)46-28-29-60-54(36-46)49-34-47(42-16-9-6-10-17-42)33-48(35-49)50-22-15-23-55-57(50)61-59(53-31-39(2)30-41(4)58(53)63-5)62(55)56-37-51(44-18-11-7-12-19-44)40(3)32-52(56)45-20-13-8-14-21-45;/h6-34,36-37H,5H2,1-4H3;/q-2;+2/i1D3,3D3;. The minimum Gasteiger partial charge on any atom is -0.665 e. The molecule has 64 heavy (non-hydrogen) atoms. The topological polar surface area (TPSA) is 39.9 Å². The molecular formula is C59H45N3OPt. The van der Waals surface area contributed by atoms with E-state index in [-0.39, 0.29) is 32.2 Å². The van der Waals surface area contributed by atoms with Crippen molar-refractivity contribution in [3.63, 3.8) is 0 Å². The number of aromatic nitrogens is 3. The predicted molar refractivity (Wildman–Crippen MR) is 261 cm³/mol. The molecule has 8 aromatic carbocycles. The molecule has 2 heterocycles. The smallest absolute Gasteiger partial charge is 0.665 e. The van der Waals surface area contributed by atoms with Gasteiger partial charge in [0, 0.05) is 25.7 Å². The third kappa shape index (κ3) is 8.02. The molecule has 0 bridgehead atoms. The number of imidazole rings is 1. The van der Waals surface area contributed by atoms with Crippen molar-refractivity contribution in [3.8, 4) is 89.7 Å². The van der Waals surface area contributed by atoms with E-state index in [1.165, 1.54) is 0 Å². The summed E-state index contributed by atoms with van der Waals surface area (Å²) in [5, 5.41) is 0. The number of ether oxygens (including phenoxy) is 1. The van der Waals surface area contributed by atoms with Crippen molar-refractivity contribution in [3.05, 3.63) is 224 Å². The van der Waals surface area contributed by atoms with Gasteiger partial charge < -0.3 is 4.74 Å². The van der Waals surface area contributed by atoms with Crippen molar-refractivity contribution in [2.45, 2.75) is 27.6 Å². The van der Waals surface area contributed by atoms with Gasteiger partial charge in [0.1, 0.15) is 5.82 Å². The first kappa shape index (κ1) is 35.3. The number of hydrogen-bond acceptors (Lipinski definition) is 3. The van der Waals surface area contributed by atoms with Gasteiger partial charge in [-0.2, -0.15) is 7.11 Å². The van der Waals surface area contributed by atoms with Crippen molar-refractivity contribution in [1.29, 1.82) is 0 Å². The molecule has 2 aromatic heterocycles. The molecule has 0 N–H and O–H groups in total. The summed E-state index contributed by atoms with van der Waals surface area (Å²) in [6.45, 7) is -0.605. The molecule has 0 saturated carbocycles. The molecule has 0 radical (unpaired) electrons. The molecule has 0 aliphatic carbocycles. The maximum absolute atomic E-state index is 8.81. The minimum atomic E-state index is -2.43. The van der Waals surface area contributed by atoms with Gasteiger partial charge in [-0.25, -0.2) is 4.98 Å². The first-order chi connectivity index (χ1) is 33.2. The number of nitrogens with zero attached hydrogens (tertiary/aromatic N) is 3. The van der Waals surface area contributed by atoms with Crippen LogP contribution in [0.25, 0.3) is 95.0 Å². The van der Waals surface area contributed by atoms with E-state index in [4.69, 9.17) is 22.9 Å². The van der Waals surface area contributed by atoms with E-state index >= 15 is 0 Å². The molecule has 0 fully saturated rings. The summed E-state index contributed by atoms with van der Waals surface area (Å²) in [6.07, 6.45) is 1.76. The van der Waals surface area contributed by atoms with Gasteiger partial charge in [-0.15, -0.1) is 23.8 Å². The number of hydrogen-bond donors (Lipinski definition) is 0. The summed E-state index contributed by atoms with van der Waals surface area (Å²) in [6, 6.07) is 62.5. The Labute approximate surface area is 398 Å². The Bertz CT molecular complexity index is 3520. The molecule has 312 valence electrons. The average Bonchev–Trinajstić information content (AvgIpc) is 3.76. The first-order valence-electron chi connectivity index (χ1n) is 23.8. The SMILES string of the molecule is [2H]C([2H])([2H])c1ccc(-c2ccnc(-c3[c-]c(-c4cccc5c4nc(-c4cc(C)cc(C)c4O[CH2-])n5-c4cc(-c5ccccc5)c(C([2H])([2H])[2H])cc4-c4ccccc4)cc(-c4ccccc4)c3)c2)cc1.[Pt+2]. The number of benzene rings is 8. The number of rotatable bonds is 9. The molecule has 0 spiro atoms. The van der Waals surface area contributed by atoms with Crippen LogP contribution in [-0.2, 0) is 21.1 Å². The second-order valence-electron chi connectivity index (χ2n) is 15.8. The van der Waals surface area contributed by atoms with Gasteiger partial charge >= 0.3 is 21.1 Å². The molecule has 10 aromatic rings.